The monoisotopic (exact) mass is 251 g/mol. The summed E-state index contributed by atoms with van der Waals surface area (Å²) in [6, 6.07) is 0. The van der Waals surface area contributed by atoms with Crippen LogP contribution in [-0.2, 0) is 6.54 Å². The van der Waals surface area contributed by atoms with Gasteiger partial charge < -0.3 is 5.32 Å². The molecule has 0 fully saturated rings. The van der Waals surface area contributed by atoms with Crippen molar-refractivity contribution in [3.8, 4) is 0 Å². The Morgan fingerprint density at radius 1 is 1.47 bits per heavy atom. The fraction of sp³-hybridized carbons (Fsp3) is 0.545. The smallest absolute Gasteiger partial charge is 0.202 e. The Labute approximate surface area is 105 Å². The van der Waals surface area contributed by atoms with Gasteiger partial charge >= 0.3 is 0 Å². The summed E-state index contributed by atoms with van der Waals surface area (Å²) in [6.45, 7) is 7.88. The van der Waals surface area contributed by atoms with E-state index in [1.54, 1.807) is 0 Å². The minimum Gasteiger partial charge on any atom is -0.358 e. The highest BCUT2D eigenvalue weighted by atomic mass is 32.1. The van der Waals surface area contributed by atoms with Gasteiger partial charge in [-0.25, -0.2) is 4.98 Å². The molecule has 0 saturated heterocycles. The summed E-state index contributed by atoms with van der Waals surface area (Å²) >= 11 is 1.42. The highest BCUT2D eigenvalue weighted by Gasteiger charge is 2.06. The number of aryl methyl sites for hydroxylation is 1. The minimum absolute atomic E-state index is 0.385. The van der Waals surface area contributed by atoms with Gasteiger partial charge in [-0.1, -0.05) is 13.8 Å². The van der Waals surface area contributed by atoms with E-state index in [0.717, 1.165) is 24.0 Å². The maximum atomic E-state index is 4.41. The average molecular weight is 251 g/mol. The number of anilines is 1. The van der Waals surface area contributed by atoms with Crippen molar-refractivity contribution in [2.75, 3.05) is 11.9 Å². The van der Waals surface area contributed by atoms with E-state index in [9.17, 15) is 0 Å². The van der Waals surface area contributed by atoms with Crippen LogP contribution in [0.4, 0.5) is 5.13 Å². The lowest BCUT2D eigenvalue weighted by Gasteiger charge is -2.02. The Balaban J connectivity index is 1.81. The summed E-state index contributed by atoms with van der Waals surface area (Å²) in [7, 11) is 0. The Bertz CT molecular complexity index is 474. The van der Waals surface area contributed by atoms with Crippen LogP contribution in [-0.4, -0.2) is 25.7 Å². The van der Waals surface area contributed by atoms with E-state index < -0.39 is 0 Å². The van der Waals surface area contributed by atoms with Crippen molar-refractivity contribution < 1.29 is 0 Å². The van der Waals surface area contributed by atoms with Gasteiger partial charge in [0.2, 0.25) is 5.13 Å². The van der Waals surface area contributed by atoms with Gasteiger partial charge in [0.1, 0.15) is 5.82 Å². The first-order valence-electron chi connectivity index (χ1n) is 5.71. The van der Waals surface area contributed by atoms with Crippen LogP contribution in [0.1, 0.15) is 31.2 Å². The fourth-order valence-corrected chi connectivity index (χ4v) is 2.14. The summed E-state index contributed by atoms with van der Waals surface area (Å²) in [5.74, 6) is 1.29. The third-order valence-electron chi connectivity index (χ3n) is 2.34. The maximum Gasteiger partial charge on any atom is 0.202 e. The Morgan fingerprint density at radius 3 is 2.88 bits per heavy atom. The van der Waals surface area contributed by atoms with Gasteiger partial charge in [-0.2, -0.15) is 9.47 Å². The lowest BCUT2D eigenvalue weighted by atomic mass is 10.2. The highest BCUT2D eigenvalue weighted by molar-refractivity contribution is 7.09. The zero-order valence-corrected chi connectivity index (χ0v) is 11.2. The van der Waals surface area contributed by atoms with E-state index in [0.29, 0.717) is 5.92 Å². The van der Waals surface area contributed by atoms with E-state index in [1.807, 2.05) is 24.0 Å². The van der Waals surface area contributed by atoms with Crippen molar-refractivity contribution in [1.29, 1.82) is 0 Å². The maximum absolute atomic E-state index is 4.41. The molecule has 0 amide bonds. The second-order valence-electron chi connectivity index (χ2n) is 4.32. The summed E-state index contributed by atoms with van der Waals surface area (Å²) in [5, 5.41) is 8.37. The normalized spacial score (nSPS) is 11.1. The highest BCUT2D eigenvalue weighted by Crippen LogP contribution is 2.16. The predicted molar refractivity (Wildman–Crippen MR) is 69.5 cm³/mol. The van der Waals surface area contributed by atoms with Crippen LogP contribution in [0.5, 0.6) is 0 Å². The molecule has 0 spiro atoms. The molecule has 0 aliphatic carbocycles. The number of hydrogen-bond donors (Lipinski definition) is 1. The van der Waals surface area contributed by atoms with Crippen molar-refractivity contribution in [3.63, 3.8) is 0 Å². The molecule has 5 nitrogen and oxygen atoms in total. The van der Waals surface area contributed by atoms with Crippen molar-refractivity contribution in [1.82, 2.24) is 19.1 Å². The third kappa shape index (κ3) is 3.26. The topological polar surface area (TPSA) is 55.6 Å². The zero-order valence-electron chi connectivity index (χ0n) is 10.3. The average Bonchev–Trinajstić information content (AvgIpc) is 2.88. The van der Waals surface area contributed by atoms with E-state index in [-0.39, 0.29) is 0 Å². The third-order valence-corrected chi connectivity index (χ3v) is 3.02. The van der Waals surface area contributed by atoms with Crippen molar-refractivity contribution in [2.24, 2.45) is 0 Å². The largest absolute Gasteiger partial charge is 0.358 e. The Morgan fingerprint density at radius 2 is 2.29 bits per heavy atom. The van der Waals surface area contributed by atoms with Crippen LogP contribution in [0.25, 0.3) is 0 Å². The molecule has 0 saturated carbocycles. The number of hydrogen-bond acceptors (Lipinski definition) is 5. The Kier molecular flexibility index (Phi) is 3.73. The van der Waals surface area contributed by atoms with Crippen LogP contribution < -0.4 is 5.32 Å². The SMILES string of the molecule is Cc1cnn(CCNc2nc(C(C)C)ns2)c1. The van der Waals surface area contributed by atoms with Crippen LogP contribution in [0, 0.1) is 6.92 Å². The second-order valence-corrected chi connectivity index (χ2v) is 5.07. The molecule has 17 heavy (non-hydrogen) atoms. The molecule has 2 aromatic heterocycles. The first-order chi connectivity index (χ1) is 8.15. The molecule has 0 aliphatic heterocycles. The molecule has 0 bridgehead atoms. The van der Waals surface area contributed by atoms with Gasteiger partial charge in [0, 0.05) is 30.2 Å². The van der Waals surface area contributed by atoms with Crippen LogP contribution >= 0.6 is 11.5 Å². The van der Waals surface area contributed by atoms with Crippen LogP contribution in [0.3, 0.4) is 0 Å². The summed E-state index contributed by atoms with van der Waals surface area (Å²) in [6.07, 6.45) is 3.89. The molecule has 2 rings (SSSR count). The molecule has 92 valence electrons. The lowest BCUT2D eigenvalue weighted by Crippen LogP contribution is -2.10. The van der Waals surface area contributed by atoms with Gasteiger partial charge in [-0.05, 0) is 12.5 Å². The van der Waals surface area contributed by atoms with Crippen LogP contribution in [0.2, 0.25) is 0 Å². The summed E-state index contributed by atoms with van der Waals surface area (Å²) in [4.78, 5) is 4.41. The quantitative estimate of drug-likeness (QED) is 0.885. The standard InChI is InChI=1S/C11H17N5S/c1-8(2)10-14-11(17-15-10)12-4-5-16-7-9(3)6-13-16/h6-8H,4-5H2,1-3H3,(H,12,14,15). The van der Waals surface area contributed by atoms with E-state index in [1.165, 1.54) is 17.1 Å². The lowest BCUT2D eigenvalue weighted by molar-refractivity contribution is 0.637. The van der Waals surface area contributed by atoms with Crippen LogP contribution in [0.15, 0.2) is 12.4 Å². The molecule has 1 N–H and O–H groups in total. The zero-order chi connectivity index (χ0) is 12.3. The molecule has 2 heterocycles. The first-order valence-corrected chi connectivity index (χ1v) is 6.49. The molecule has 2 aromatic rings. The molecular weight excluding hydrogens is 234 g/mol. The molecule has 0 atom stereocenters. The molecule has 0 unspecified atom stereocenters. The van der Waals surface area contributed by atoms with E-state index in [4.69, 9.17) is 0 Å². The minimum atomic E-state index is 0.385. The number of aromatic nitrogens is 4. The number of nitrogens with one attached hydrogen (secondary N) is 1. The van der Waals surface area contributed by atoms with Gasteiger partial charge in [-0.15, -0.1) is 0 Å². The molecule has 0 aliphatic rings. The Hall–Kier alpha value is -1.43. The fourth-order valence-electron chi connectivity index (χ4n) is 1.41. The van der Waals surface area contributed by atoms with Crippen molar-refractivity contribution in [3.05, 3.63) is 23.8 Å². The summed E-state index contributed by atoms with van der Waals surface area (Å²) < 4.78 is 6.21. The molecule has 0 aromatic carbocycles. The number of nitrogens with zero attached hydrogens (tertiary/aromatic N) is 4. The molecular formula is C11H17N5S. The van der Waals surface area contributed by atoms with Gasteiger partial charge in [0.15, 0.2) is 0 Å². The van der Waals surface area contributed by atoms with E-state index in [2.05, 4.69) is 33.6 Å². The second kappa shape index (κ2) is 5.27. The number of rotatable bonds is 5. The van der Waals surface area contributed by atoms with Gasteiger partial charge in [-0.3, -0.25) is 4.68 Å². The van der Waals surface area contributed by atoms with E-state index >= 15 is 0 Å². The predicted octanol–water partition coefficient (Wildman–Crippen LogP) is 2.28. The molecule has 0 radical (unpaired) electrons. The van der Waals surface area contributed by atoms with Crippen molar-refractivity contribution in [2.45, 2.75) is 33.2 Å². The van der Waals surface area contributed by atoms with Gasteiger partial charge in [0.05, 0.1) is 12.7 Å². The van der Waals surface area contributed by atoms with Crippen molar-refractivity contribution >= 4 is 16.7 Å². The molecule has 6 heteroatoms. The summed E-state index contributed by atoms with van der Waals surface area (Å²) in [5.41, 5.74) is 1.18. The van der Waals surface area contributed by atoms with Gasteiger partial charge in [0.25, 0.3) is 0 Å². The first kappa shape index (κ1) is 12.0.